The number of aromatic nitrogens is 4. The van der Waals surface area contributed by atoms with Gasteiger partial charge in [0.05, 0.1) is 22.4 Å². The van der Waals surface area contributed by atoms with Gasteiger partial charge >= 0.3 is 0 Å². The summed E-state index contributed by atoms with van der Waals surface area (Å²) in [6.45, 7) is 6.34. The summed E-state index contributed by atoms with van der Waals surface area (Å²) in [6, 6.07) is 33.8. The van der Waals surface area contributed by atoms with Gasteiger partial charge in [-0.05, 0) is 80.3 Å². The van der Waals surface area contributed by atoms with E-state index in [9.17, 15) is 4.39 Å². The molecule has 3 aromatic heterocycles. The maximum absolute atomic E-state index is 14.4. The van der Waals surface area contributed by atoms with Gasteiger partial charge in [0, 0.05) is 46.4 Å². The van der Waals surface area contributed by atoms with Crippen molar-refractivity contribution in [2.75, 3.05) is 0 Å². The lowest BCUT2D eigenvalue weighted by atomic mass is 10.0. The molecular formula is C38H33FN4O. The molecule has 0 amide bonds. The van der Waals surface area contributed by atoms with Crippen LogP contribution in [0.1, 0.15) is 36.7 Å². The lowest BCUT2D eigenvalue weighted by Crippen LogP contribution is -2.00. The van der Waals surface area contributed by atoms with E-state index in [1.807, 2.05) is 70.8 Å². The first-order valence-corrected chi connectivity index (χ1v) is 15.1. The lowest BCUT2D eigenvalue weighted by Gasteiger charge is -2.11. The van der Waals surface area contributed by atoms with Crippen LogP contribution >= 0.6 is 0 Å². The molecule has 3 heterocycles. The average Bonchev–Trinajstić information content (AvgIpc) is 3.52. The molecule has 44 heavy (non-hydrogen) atoms. The molecule has 5 nitrogen and oxygen atoms in total. The van der Waals surface area contributed by atoms with E-state index < -0.39 is 0 Å². The largest absolute Gasteiger partial charge is 0.457 e. The molecule has 0 N–H and O–H groups in total. The van der Waals surface area contributed by atoms with Crippen LogP contribution in [0.2, 0.25) is 0 Å². The molecule has 218 valence electrons. The standard InChI is InChI=1S/C38H33FN4O/c1-4-5-10-27-15-18-35-34(21-27)33-17-16-32(24-36(33)42(35)37-22-29(39)19-20-40-37)44-31-14-9-13-30(23-31)43-26(3)38(25(2)41-43)28-11-7-6-8-12-28/h6-9,11-24H,4-5,10H2,1-3H3. The normalized spacial score (nSPS) is 11.5. The number of ether oxygens (including phenoxy) is 1. The molecular weight excluding hydrogens is 547 g/mol. The van der Waals surface area contributed by atoms with Gasteiger partial charge in [-0.25, -0.2) is 14.1 Å². The minimum atomic E-state index is -0.326. The third-order valence-electron chi connectivity index (χ3n) is 8.21. The molecule has 0 aliphatic carbocycles. The van der Waals surface area contributed by atoms with E-state index in [-0.39, 0.29) is 5.82 Å². The van der Waals surface area contributed by atoms with E-state index in [1.165, 1.54) is 23.9 Å². The van der Waals surface area contributed by atoms with Crippen LogP contribution in [0.5, 0.6) is 11.5 Å². The van der Waals surface area contributed by atoms with Crippen molar-refractivity contribution >= 4 is 21.8 Å². The molecule has 7 aromatic rings. The molecule has 0 atom stereocenters. The number of nitrogens with zero attached hydrogens (tertiary/aromatic N) is 4. The summed E-state index contributed by atoms with van der Waals surface area (Å²) < 4.78 is 24.8. The second-order valence-electron chi connectivity index (χ2n) is 11.2. The van der Waals surface area contributed by atoms with Gasteiger partial charge in [-0.1, -0.05) is 55.8 Å². The van der Waals surface area contributed by atoms with Crippen LogP contribution in [-0.2, 0) is 6.42 Å². The van der Waals surface area contributed by atoms with E-state index in [4.69, 9.17) is 9.84 Å². The fraction of sp³-hybridized carbons (Fsp3) is 0.158. The Bertz CT molecular complexity index is 2130. The molecule has 0 bridgehead atoms. The first-order valence-electron chi connectivity index (χ1n) is 15.1. The van der Waals surface area contributed by atoms with Crippen LogP contribution < -0.4 is 4.74 Å². The fourth-order valence-corrected chi connectivity index (χ4v) is 6.14. The Labute approximate surface area is 256 Å². The molecule has 6 heteroatoms. The number of pyridine rings is 1. The second kappa shape index (κ2) is 11.5. The van der Waals surface area contributed by atoms with E-state index in [0.717, 1.165) is 69.3 Å². The highest BCUT2D eigenvalue weighted by molar-refractivity contribution is 6.09. The van der Waals surface area contributed by atoms with Crippen LogP contribution in [0.3, 0.4) is 0 Å². The van der Waals surface area contributed by atoms with Crippen molar-refractivity contribution in [2.45, 2.75) is 40.0 Å². The summed E-state index contributed by atoms with van der Waals surface area (Å²) in [5, 5.41) is 7.06. The van der Waals surface area contributed by atoms with E-state index >= 15 is 0 Å². The van der Waals surface area contributed by atoms with Crippen molar-refractivity contribution in [3.63, 3.8) is 0 Å². The van der Waals surface area contributed by atoms with Crippen LogP contribution in [0.4, 0.5) is 4.39 Å². The number of benzene rings is 4. The minimum Gasteiger partial charge on any atom is -0.457 e. The number of fused-ring (bicyclic) bond motifs is 3. The van der Waals surface area contributed by atoms with Crippen LogP contribution in [0.15, 0.2) is 109 Å². The second-order valence-corrected chi connectivity index (χ2v) is 11.2. The maximum atomic E-state index is 14.4. The van der Waals surface area contributed by atoms with Crippen LogP contribution in [0.25, 0.3) is 44.4 Å². The van der Waals surface area contributed by atoms with Gasteiger partial charge in [0.25, 0.3) is 0 Å². The molecule has 7 rings (SSSR count). The maximum Gasteiger partial charge on any atom is 0.140 e. The van der Waals surface area contributed by atoms with Crippen molar-refractivity contribution in [3.05, 3.63) is 132 Å². The van der Waals surface area contributed by atoms with E-state index in [2.05, 4.69) is 55.2 Å². The summed E-state index contributed by atoms with van der Waals surface area (Å²) in [7, 11) is 0. The molecule has 4 aromatic carbocycles. The predicted molar refractivity (Wildman–Crippen MR) is 176 cm³/mol. The van der Waals surface area contributed by atoms with E-state index in [0.29, 0.717) is 17.3 Å². The average molecular weight is 581 g/mol. The Hall–Kier alpha value is -5.23. The zero-order chi connectivity index (χ0) is 30.2. The van der Waals surface area contributed by atoms with Crippen molar-refractivity contribution in [3.8, 4) is 34.1 Å². The third kappa shape index (κ3) is 5.02. The summed E-state index contributed by atoms with van der Waals surface area (Å²) in [5.74, 6) is 1.58. The van der Waals surface area contributed by atoms with Gasteiger partial charge < -0.3 is 4.74 Å². The van der Waals surface area contributed by atoms with Gasteiger partial charge in [0.15, 0.2) is 0 Å². The molecule has 0 saturated heterocycles. The molecule has 0 radical (unpaired) electrons. The first kappa shape index (κ1) is 27.6. The highest BCUT2D eigenvalue weighted by atomic mass is 19.1. The third-order valence-corrected chi connectivity index (χ3v) is 8.21. The summed E-state index contributed by atoms with van der Waals surface area (Å²) in [4.78, 5) is 4.52. The Kier molecular flexibility index (Phi) is 7.18. The molecule has 0 fully saturated rings. The Morgan fingerprint density at radius 2 is 1.61 bits per heavy atom. The fourth-order valence-electron chi connectivity index (χ4n) is 6.14. The zero-order valence-electron chi connectivity index (χ0n) is 25.1. The monoisotopic (exact) mass is 580 g/mol. The smallest absolute Gasteiger partial charge is 0.140 e. The van der Waals surface area contributed by atoms with Crippen molar-refractivity contribution in [2.24, 2.45) is 0 Å². The number of hydrogen-bond donors (Lipinski definition) is 0. The Balaban J connectivity index is 1.29. The number of rotatable bonds is 8. The summed E-state index contributed by atoms with van der Waals surface area (Å²) >= 11 is 0. The van der Waals surface area contributed by atoms with Crippen molar-refractivity contribution < 1.29 is 9.13 Å². The van der Waals surface area contributed by atoms with Crippen LogP contribution in [-0.4, -0.2) is 19.3 Å². The molecule has 0 spiro atoms. The predicted octanol–water partition coefficient (Wildman–Crippen LogP) is 9.92. The lowest BCUT2D eigenvalue weighted by molar-refractivity contribution is 0.482. The molecule has 0 aliphatic heterocycles. The highest BCUT2D eigenvalue weighted by Gasteiger charge is 2.17. The van der Waals surface area contributed by atoms with Crippen molar-refractivity contribution in [1.29, 1.82) is 0 Å². The number of hydrogen-bond acceptors (Lipinski definition) is 3. The van der Waals surface area contributed by atoms with Gasteiger partial charge in [0.2, 0.25) is 0 Å². The van der Waals surface area contributed by atoms with E-state index in [1.54, 1.807) is 0 Å². The summed E-state index contributed by atoms with van der Waals surface area (Å²) in [5.41, 5.74) is 8.43. The Morgan fingerprint density at radius 1 is 0.773 bits per heavy atom. The summed E-state index contributed by atoms with van der Waals surface area (Å²) in [6.07, 6.45) is 4.81. The number of aryl methyl sites for hydroxylation is 2. The zero-order valence-corrected chi connectivity index (χ0v) is 25.1. The highest BCUT2D eigenvalue weighted by Crippen LogP contribution is 2.36. The minimum absolute atomic E-state index is 0.326. The van der Waals surface area contributed by atoms with Crippen LogP contribution in [0, 0.1) is 19.7 Å². The quantitative estimate of drug-likeness (QED) is 0.180. The first-order chi connectivity index (χ1) is 21.5. The van der Waals surface area contributed by atoms with Gasteiger partial charge in [-0.2, -0.15) is 5.10 Å². The van der Waals surface area contributed by atoms with Crippen molar-refractivity contribution in [1.82, 2.24) is 19.3 Å². The molecule has 0 saturated carbocycles. The number of halogens is 1. The van der Waals surface area contributed by atoms with Gasteiger partial charge in [0.1, 0.15) is 23.1 Å². The molecule has 0 aliphatic rings. The van der Waals surface area contributed by atoms with Gasteiger partial charge in [-0.3, -0.25) is 4.57 Å². The topological polar surface area (TPSA) is 44.9 Å². The number of unbranched alkanes of at least 4 members (excludes halogenated alkanes) is 1. The van der Waals surface area contributed by atoms with Gasteiger partial charge in [-0.15, -0.1) is 0 Å². The Morgan fingerprint density at radius 3 is 2.43 bits per heavy atom. The molecule has 0 unspecified atom stereocenters. The SMILES string of the molecule is CCCCc1ccc2c(c1)c1ccc(Oc3cccc(-n4nc(C)c(-c5ccccc5)c4C)c3)cc1n2-c1cc(F)ccn1.